The van der Waals surface area contributed by atoms with Gasteiger partial charge < -0.3 is 10.4 Å². The van der Waals surface area contributed by atoms with Crippen LogP contribution >= 0.6 is 0 Å². The molecule has 0 fully saturated rings. The molecule has 1 amide bonds. The summed E-state index contributed by atoms with van der Waals surface area (Å²) < 4.78 is 0. The smallest absolute Gasteiger partial charge is 0.224 e. The molecule has 0 saturated carbocycles. The lowest BCUT2D eigenvalue weighted by Crippen LogP contribution is -2.11. The van der Waals surface area contributed by atoms with Crippen molar-refractivity contribution < 1.29 is 9.90 Å². The molecule has 0 saturated heterocycles. The van der Waals surface area contributed by atoms with Gasteiger partial charge in [0.15, 0.2) is 0 Å². The molecule has 0 atom stereocenters. The fraction of sp³-hybridized carbons (Fsp3) is 0.588. The van der Waals surface area contributed by atoms with E-state index in [0.29, 0.717) is 12.1 Å². The zero-order valence-corrected chi connectivity index (χ0v) is 12.7. The molecular formula is C17H27NO2. The van der Waals surface area contributed by atoms with E-state index in [0.717, 1.165) is 18.4 Å². The Morgan fingerprint density at radius 2 is 1.75 bits per heavy atom. The number of hydrogen-bond acceptors (Lipinski definition) is 2. The number of nitrogens with one attached hydrogen (secondary N) is 1. The van der Waals surface area contributed by atoms with Gasteiger partial charge in [0.05, 0.1) is 0 Å². The minimum atomic E-state index is 0.0345. The number of benzene rings is 1. The minimum Gasteiger partial charge on any atom is -0.508 e. The van der Waals surface area contributed by atoms with Crippen molar-refractivity contribution in [3.63, 3.8) is 0 Å². The first kappa shape index (κ1) is 16.5. The van der Waals surface area contributed by atoms with E-state index in [1.165, 1.54) is 32.1 Å². The third-order valence-corrected chi connectivity index (χ3v) is 3.59. The molecule has 0 aliphatic carbocycles. The van der Waals surface area contributed by atoms with Crippen molar-refractivity contribution in [1.82, 2.24) is 0 Å². The molecule has 3 heteroatoms. The molecule has 20 heavy (non-hydrogen) atoms. The van der Waals surface area contributed by atoms with Crippen LogP contribution in [0.2, 0.25) is 0 Å². The van der Waals surface area contributed by atoms with Crippen molar-refractivity contribution in [2.45, 2.75) is 65.2 Å². The number of hydrogen-bond donors (Lipinski definition) is 2. The molecule has 0 bridgehead atoms. The van der Waals surface area contributed by atoms with Crippen LogP contribution < -0.4 is 5.32 Å². The molecule has 0 aliphatic heterocycles. The average molecular weight is 277 g/mol. The SMILES string of the molecule is CCCCCCCCCC(=O)Nc1cccc(O)c1C. The van der Waals surface area contributed by atoms with Crippen LogP contribution in [-0.2, 0) is 4.79 Å². The molecule has 0 aromatic heterocycles. The quantitative estimate of drug-likeness (QED) is 0.638. The second-order valence-electron chi connectivity index (χ2n) is 5.37. The molecule has 0 spiro atoms. The maximum Gasteiger partial charge on any atom is 0.224 e. The number of phenols is 1. The van der Waals surface area contributed by atoms with Crippen molar-refractivity contribution >= 4 is 11.6 Å². The average Bonchev–Trinajstić information content (AvgIpc) is 2.43. The Morgan fingerprint density at radius 3 is 2.45 bits per heavy atom. The summed E-state index contributed by atoms with van der Waals surface area (Å²) in [4.78, 5) is 11.8. The number of phenolic OH excluding ortho intramolecular Hbond substituents is 1. The molecule has 3 nitrogen and oxygen atoms in total. The van der Waals surface area contributed by atoms with E-state index in [2.05, 4.69) is 12.2 Å². The topological polar surface area (TPSA) is 49.3 Å². The van der Waals surface area contributed by atoms with Crippen molar-refractivity contribution in [3.05, 3.63) is 23.8 Å². The van der Waals surface area contributed by atoms with Gasteiger partial charge in [0, 0.05) is 17.7 Å². The summed E-state index contributed by atoms with van der Waals surface area (Å²) >= 11 is 0. The van der Waals surface area contributed by atoms with Gasteiger partial charge >= 0.3 is 0 Å². The van der Waals surface area contributed by atoms with E-state index in [9.17, 15) is 9.90 Å². The standard InChI is InChI=1S/C17H27NO2/c1-3-4-5-6-7-8-9-13-17(20)18-15-11-10-12-16(19)14(15)2/h10-12,19H,3-9,13H2,1-2H3,(H,18,20). The third kappa shape index (κ3) is 6.09. The Labute approximate surface area is 122 Å². The van der Waals surface area contributed by atoms with Crippen LogP contribution in [0.5, 0.6) is 5.75 Å². The van der Waals surface area contributed by atoms with E-state index in [4.69, 9.17) is 0 Å². The van der Waals surface area contributed by atoms with Gasteiger partial charge in [-0.15, -0.1) is 0 Å². The molecule has 0 radical (unpaired) electrons. The molecule has 0 unspecified atom stereocenters. The maximum atomic E-state index is 11.8. The van der Waals surface area contributed by atoms with Gasteiger partial charge in [-0.1, -0.05) is 51.5 Å². The first-order valence-corrected chi connectivity index (χ1v) is 7.73. The number of carbonyl (C=O) groups excluding carboxylic acids is 1. The molecule has 1 rings (SSSR count). The second kappa shape index (κ2) is 9.40. The fourth-order valence-electron chi connectivity index (χ4n) is 2.21. The van der Waals surface area contributed by atoms with Gasteiger partial charge in [0.25, 0.3) is 0 Å². The number of carbonyl (C=O) groups is 1. The summed E-state index contributed by atoms with van der Waals surface area (Å²) in [6.07, 6.45) is 9.02. The zero-order chi connectivity index (χ0) is 14.8. The van der Waals surface area contributed by atoms with Gasteiger partial charge in [0.1, 0.15) is 5.75 Å². The van der Waals surface area contributed by atoms with Crippen LogP contribution in [0.25, 0.3) is 0 Å². The maximum absolute atomic E-state index is 11.8. The number of amides is 1. The molecule has 0 heterocycles. The first-order valence-electron chi connectivity index (χ1n) is 7.73. The van der Waals surface area contributed by atoms with E-state index < -0.39 is 0 Å². The third-order valence-electron chi connectivity index (χ3n) is 3.59. The van der Waals surface area contributed by atoms with Gasteiger partial charge in [0.2, 0.25) is 5.91 Å². The number of unbranched alkanes of at least 4 members (excludes halogenated alkanes) is 6. The minimum absolute atomic E-state index is 0.0345. The van der Waals surface area contributed by atoms with E-state index in [-0.39, 0.29) is 11.7 Å². The lowest BCUT2D eigenvalue weighted by atomic mass is 10.1. The Balaban J connectivity index is 2.19. The summed E-state index contributed by atoms with van der Waals surface area (Å²) in [5.41, 5.74) is 1.43. The van der Waals surface area contributed by atoms with E-state index in [1.807, 2.05) is 6.07 Å². The predicted molar refractivity (Wildman–Crippen MR) is 84.1 cm³/mol. The Morgan fingerprint density at radius 1 is 1.10 bits per heavy atom. The van der Waals surface area contributed by atoms with Gasteiger partial charge in [-0.25, -0.2) is 0 Å². The molecular weight excluding hydrogens is 250 g/mol. The van der Waals surface area contributed by atoms with Crippen molar-refractivity contribution in [3.8, 4) is 5.75 Å². The van der Waals surface area contributed by atoms with Crippen LogP contribution in [0.4, 0.5) is 5.69 Å². The highest BCUT2D eigenvalue weighted by Gasteiger charge is 2.06. The Hall–Kier alpha value is -1.51. The first-order chi connectivity index (χ1) is 9.65. The Bertz CT molecular complexity index is 415. The van der Waals surface area contributed by atoms with Crippen LogP contribution in [0, 0.1) is 6.92 Å². The van der Waals surface area contributed by atoms with Crippen LogP contribution in [0.1, 0.15) is 63.9 Å². The number of rotatable bonds is 9. The van der Waals surface area contributed by atoms with Gasteiger partial charge in [-0.2, -0.15) is 0 Å². The fourth-order valence-corrected chi connectivity index (χ4v) is 2.21. The van der Waals surface area contributed by atoms with Crippen molar-refractivity contribution in [2.75, 3.05) is 5.32 Å². The van der Waals surface area contributed by atoms with Crippen LogP contribution in [-0.4, -0.2) is 11.0 Å². The van der Waals surface area contributed by atoms with Crippen LogP contribution in [0.15, 0.2) is 18.2 Å². The van der Waals surface area contributed by atoms with Crippen molar-refractivity contribution in [2.24, 2.45) is 0 Å². The monoisotopic (exact) mass is 277 g/mol. The summed E-state index contributed by atoms with van der Waals surface area (Å²) in [6.45, 7) is 4.02. The molecule has 1 aromatic carbocycles. The van der Waals surface area contributed by atoms with Gasteiger partial charge in [-0.3, -0.25) is 4.79 Å². The Kier molecular flexibility index (Phi) is 7.78. The summed E-state index contributed by atoms with van der Waals surface area (Å²) in [5, 5.41) is 12.4. The van der Waals surface area contributed by atoms with E-state index >= 15 is 0 Å². The highest BCUT2D eigenvalue weighted by atomic mass is 16.3. The molecule has 2 N–H and O–H groups in total. The highest BCUT2D eigenvalue weighted by molar-refractivity contribution is 5.91. The normalized spacial score (nSPS) is 10.5. The molecule has 0 aliphatic rings. The number of aromatic hydroxyl groups is 1. The van der Waals surface area contributed by atoms with Crippen LogP contribution in [0.3, 0.4) is 0 Å². The molecule has 1 aromatic rings. The lowest BCUT2D eigenvalue weighted by molar-refractivity contribution is -0.116. The summed E-state index contributed by atoms with van der Waals surface area (Å²) in [6, 6.07) is 5.19. The van der Waals surface area contributed by atoms with Crippen molar-refractivity contribution in [1.29, 1.82) is 0 Å². The predicted octanol–water partition coefficient (Wildman–Crippen LogP) is 4.78. The second-order valence-corrected chi connectivity index (χ2v) is 5.37. The largest absolute Gasteiger partial charge is 0.508 e. The summed E-state index contributed by atoms with van der Waals surface area (Å²) in [7, 11) is 0. The van der Waals surface area contributed by atoms with Gasteiger partial charge in [-0.05, 0) is 25.5 Å². The number of anilines is 1. The van der Waals surface area contributed by atoms with E-state index in [1.54, 1.807) is 19.1 Å². The zero-order valence-electron chi connectivity index (χ0n) is 12.7. The molecule has 112 valence electrons. The highest BCUT2D eigenvalue weighted by Crippen LogP contribution is 2.24. The lowest BCUT2D eigenvalue weighted by Gasteiger charge is -2.09. The summed E-state index contributed by atoms with van der Waals surface area (Å²) in [5.74, 6) is 0.256.